The van der Waals surface area contributed by atoms with Crippen LogP contribution < -0.4 is 25.5 Å². The van der Waals surface area contributed by atoms with Crippen LogP contribution in [0, 0.1) is 3.57 Å². The van der Waals surface area contributed by atoms with Crippen LogP contribution in [0.1, 0.15) is 25.8 Å². The van der Waals surface area contributed by atoms with Gasteiger partial charge in [-0.1, -0.05) is 22.9 Å². The van der Waals surface area contributed by atoms with Crippen LogP contribution in [0.15, 0.2) is 46.0 Å². The Morgan fingerprint density at radius 2 is 1.88 bits per heavy atom. The standard InChI is InChI=1S/C22H24BrIN4O5/c1-4-13(2)26-21(30)22(31)28-25-11-14-9-17(24)20(18(10-14)32-3)33-12-19(29)27-16-7-5-15(23)6-8-16/h5-11,13H,4,12H2,1-3H3,(H,26,30)(H,27,29)(H,28,31)/b25-11-/t13-/m1/s1. The number of ether oxygens (including phenoxy) is 2. The van der Waals surface area contributed by atoms with Crippen molar-refractivity contribution in [3.8, 4) is 11.5 Å². The molecule has 0 aliphatic carbocycles. The van der Waals surface area contributed by atoms with Crippen molar-refractivity contribution in [2.45, 2.75) is 26.3 Å². The summed E-state index contributed by atoms with van der Waals surface area (Å²) in [6.45, 7) is 3.49. The summed E-state index contributed by atoms with van der Waals surface area (Å²) in [6.07, 6.45) is 2.09. The highest BCUT2D eigenvalue weighted by atomic mass is 127. The minimum absolute atomic E-state index is 0.109. The van der Waals surface area contributed by atoms with Crippen LogP contribution in [0.2, 0.25) is 0 Å². The molecule has 11 heteroatoms. The Morgan fingerprint density at radius 3 is 2.52 bits per heavy atom. The fourth-order valence-corrected chi connectivity index (χ4v) is 3.48. The van der Waals surface area contributed by atoms with E-state index in [1.165, 1.54) is 13.3 Å². The summed E-state index contributed by atoms with van der Waals surface area (Å²) in [7, 11) is 1.47. The number of rotatable bonds is 9. The second kappa shape index (κ2) is 13.1. The molecule has 176 valence electrons. The van der Waals surface area contributed by atoms with E-state index in [0.717, 1.165) is 4.47 Å². The number of hydrogen-bond acceptors (Lipinski definition) is 6. The number of carbonyl (C=O) groups is 3. The second-order valence-corrected chi connectivity index (χ2v) is 8.94. The Balaban J connectivity index is 1.98. The Labute approximate surface area is 213 Å². The van der Waals surface area contributed by atoms with E-state index in [1.54, 1.807) is 31.2 Å². The summed E-state index contributed by atoms with van der Waals surface area (Å²) >= 11 is 5.39. The smallest absolute Gasteiger partial charge is 0.329 e. The molecule has 3 N–H and O–H groups in total. The van der Waals surface area contributed by atoms with E-state index in [0.29, 0.717) is 32.7 Å². The van der Waals surface area contributed by atoms with Gasteiger partial charge >= 0.3 is 11.8 Å². The number of amides is 3. The molecule has 0 fully saturated rings. The molecule has 0 bridgehead atoms. The molecule has 0 unspecified atom stereocenters. The molecule has 2 rings (SSSR count). The predicted octanol–water partition coefficient (Wildman–Crippen LogP) is 3.44. The largest absolute Gasteiger partial charge is 0.493 e. The fraction of sp³-hybridized carbons (Fsp3) is 0.273. The molecule has 0 radical (unpaired) electrons. The van der Waals surface area contributed by atoms with Crippen LogP contribution in [-0.4, -0.2) is 43.7 Å². The van der Waals surface area contributed by atoms with Gasteiger partial charge in [-0.25, -0.2) is 5.43 Å². The van der Waals surface area contributed by atoms with Crippen LogP contribution in [0.25, 0.3) is 0 Å². The lowest BCUT2D eigenvalue weighted by Crippen LogP contribution is -2.41. The van der Waals surface area contributed by atoms with Crippen LogP contribution in [-0.2, 0) is 14.4 Å². The third-order valence-corrected chi connectivity index (χ3v) is 5.63. The minimum atomic E-state index is -0.857. The van der Waals surface area contributed by atoms with Crippen molar-refractivity contribution in [2.75, 3.05) is 19.0 Å². The lowest BCUT2D eigenvalue weighted by Gasteiger charge is -2.13. The first kappa shape index (κ1) is 26.6. The highest BCUT2D eigenvalue weighted by Crippen LogP contribution is 2.33. The third kappa shape index (κ3) is 8.65. The van der Waals surface area contributed by atoms with Gasteiger partial charge in [-0.2, -0.15) is 5.10 Å². The van der Waals surface area contributed by atoms with Crippen molar-refractivity contribution >= 4 is 68.1 Å². The van der Waals surface area contributed by atoms with Crippen molar-refractivity contribution in [3.05, 3.63) is 50.0 Å². The Hall–Kier alpha value is -2.67. The van der Waals surface area contributed by atoms with Gasteiger partial charge in [0.05, 0.1) is 16.9 Å². The topological polar surface area (TPSA) is 118 Å². The van der Waals surface area contributed by atoms with E-state index in [9.17, 15) is 14.4 Å². The summed E-state index contributed by atoms with van der Waals surface area (Å²) in [4.78, 5) is 35.8. The number of carbonyl (C=O) groups excluding carboxylic acids is 3. The molecule has 9 nitrogen and oxygen atoms in total. The number of methoxy groups -OCH3 is 1. The van der Waals surface area contributed by atoms with Crippen LogP contribution in [0.3, 0.4) is 0 Å². The SMILES string of the molecule is CC[C@@H](C)NC(=O)C(=O)N/N=C\c1cc(I)c(OCC(=O)Nc2ccc(Br)cc2)c(OC)c1. The van der Waals surface area contributed by atoms with E-state index >= 15 is 0 Å². The summed E-state index contributed by atoms with van der Waals surface area (Å²) in [5.74, 6) is -1.14. The van der Waals surface area contributed by atoms with Crippen LogP contribution >= 0.6 is 38.5 Å². The number of halogens is 2. The number of hydrazone groups is 1. The van der Waals surface area contributed by atoms with Gasteiger partial charge in [-0.05, 0) is 77.9 Å². The molecular weight excluding hydrogens is 607 g/mol. The van der Waals surface area contributed by atoms with Crippen molar-refractivity contribution in [1.29, 1.82) is 0 Å². The number of nitrogens with one attached hydrogen (secondary N) is 3. The van der Waals surface area contributed by atoms with Gasteiger partial charge in [0.2, 0.25) is 0 Å². The zero-order valence-corrected chi connectivity index (χ0v) is 22.0. The highest BCUT2D eigenvalue weighted by Gasteiger charge is 2.15. The monoisotopic (exact) mass is 630 g/mol. The maximum absolute atomic E-state index is 12.2. The number of benzene rings is 2. The maximum Gasteiger partial charge on any atom is 0.329 e. The summed E-state index contributed by atoms with van der Waals surface area (Å²) < 4.78 is 12.6. The molecule has 0 aromatic heterocycles. The van der Waals surface area contributed by atoms with Gasteiger partial charge in [-0.3, -0.25) is 14.4 Å². The summed E-state index contributed by atoms with van der Waals surface area (Å²) in [6, 6.07) is 10.5. The average Bonchev–Trinajstić information content (AvgIpc) is 2.79. The molecule has 1 atom stereocenters. The van der Waals surface area contributed by atoms with Gasteiger partial charge in [0.15, 0.2) is 18.1 Å². The van der Waals surface area contributed by atoms with Gasteiger partial charge in [0.1, 0.15) is 0 Å². The minimum Gasteiger partial charge on any atom is -0.493 e. The molecule has 33 heavy (non-hydrogen) atoms. The molecular formula is C22H24BrIN4O5. The first-order valence-electron chi connectivity index (χ1n) is 9.93. The predicted molar refractivity (Wildman–Crippen MR) is 138 cm³/mol. The Bertz CT molecular complexity index is 1030. The molecule has 0 spiro atoms. The lowest BCUT2D eigenvalue weighted by molar-refractivity contribution is -0.139. The molecule has 0 saturated heterocycles. The average molecular weight is 631 g/mol. The van der Waals surface area contributed by atoms with Crippen molar-refractivity contribution in [1.82, 2.24) is 10.7 Å². The van der Waals surface area contributed by atoms with Gasteiger partial charge in [-0.15, -0.1) is 0 Å². The van der Waals surface area contributed by atoms with Gasteiger partial charge in [0, 0.05) is 16.2 Å². The number of anilines is 1. The lowest BCUT2D eigenvalue weighted by atomic mass is 10.2. The summed E-state index contributed by atoms with van der Waals surface area (Å²) in [5.41, 5.74) is 3.44. The zero-order valence-electron chi connectivity index (χ0n) is 18.3. The zero-order chi connectivity index (χ0) is 24.4. The second-order valence-electron chi connectivity index (χ2n) is 6.86. The van der Waals surface area contributed by atoms with Gasteiger partial charge < -0.3 is 20.1 Å². The quantitative estimate of drug-likeness (QED) is 0.170. The van der Waals surface area contributed by atoms with Crippen LogP contribution in [0.4, 0.5) is 5.69 Å². The molecule has 0 saturated carbocycles. The molecule has 3 amide bonds. The third-order valence-electron chi connectivity index (χ3n) is 4.30. The summed E-state index contributed by atoms with van der Waals surface area (Å²) in [5, 5.41) is 9.12. The van der Waals surface area contributed by atoms with E-state index in [4.69, 9.17) is 9.47 Å². The van der Waals surface area contributed by atoms with Crippen molar-refractivity contribution in [3.63, 3.8) is 0 Å². The van der Waals surface area contributed by atoms with Crippen molar-refractivity contribution < 1.29 is 23.9 Å². The Morgan fingerprint density at radius 1 is 1.18 bits per heavy atom. The highest BCUT2D eigenvalue weighted by molar-refractivity contribution is 14.1. The van der Waals surface area contributed by atoms with Gasteiger partial charge in [0.25, 0.3) is 5.91 Å². The number of hydrogen-bond donors (Lipinski definition) is 3. The molecule has 0 aliphatic heterocycles. The first-order valence-corrected chi connectivity index (χ1v) is 11.8. The molecule has 0 heterocycles. The number of nitrogens with zero attached hydrogens (tertiary/aromatic N) is 1. The van der Waals surface area contributed by atoms with E-state index < -0.39 is 11.8 Å². The van der Waals surface area contributed by atoms with E-state index in [1.807, 2.05) is 41.6 Å². The van der Waals surface area contributed by atoms with E-state index in [-0.39, 0.29) is 18.6 Å². The fourth-order valence-electron chi connectivity index (χ4n) is 2.43. The van der Waals surface area contributed by atoms with Crippen molar-refractivity contribution in [2.24, 2.45) is 5.10 Å². The van der Waals surface area contributed by atoms with Crippen LogP contribution in [0.5, 0.6) is 11.5 Å². The van der Waals surface area contributed by atoms with E-state index in [2.05, 4.69) is 37.1 Å². The Kier molecular flexibility index (Phi) is 10.6. The maximum atomic E-state index is 12.2. The molecule has 2 aromatic carbocycles. The molecule has 2 aromatic rings. The first-order chi connectivity index (χ1) is 15.7. The normalized spacial score (nSPS) is 11.5. The molecule has 0 aliphatic rings.